The summed E-state index contributed by atoms with van der Waals surface area (Å²) in [6.07, 6.45) is 0.833. The fraction of sp³-hybridized carbons (Fsp3) is 0.100. The number of nitrogens with zero attached hydrogens (tertiary/aromatic N) is 1. The van der Waals surface area contributed by atoms with Crippen LogP contribution in [-0.4, -0.2) is 25.2 Å². The third-order valence-electron chi connectivity index (χ3n) is 0.936. The van der Waals surface area contributed by atoms with Crippen LogP contribution in [0.2, 0.25) is 0 Å². The van der Waals surface area contributed by atoms with Crippen LogP contribution in [-0.2, 0) is 4.79 Å². The van der Waals surface area contributed by atoms with Gasteiger partial charge in [-0.3, -0.25) is 14.9 Å². The Balaban J connectivity index is -0.000000182. The molecule has 0 aliphatic rings. The van der Waals surface area contributed by atoms with Crippen molar-refractivity contribution >= 4 is 20.1 Å². The minimum Gasteiger partial charge on any atom is -0.481 e. The molecule has 1 aromatic rings. The quantitative estimate of drug-likeness (QED) is 0.424. The largest absolute Gasteiger partial charge is 1.00 e. The molecule has 0 heterocycles. The van der Waals surface area contributed by atoms with Gasteiger partial charge in [-0.15, -0.1) is 0 Å². The first-order valence-electron chi connectivity index (χ1n) is 3.59. The van der Waals surface area contributed by atoms with Crippen LogP contribution in [0.15, 0.2) is 30.3 Å². The molecule has 1 aromatic carbocycles. The van der Waals surface area contributed by atoms with Gasteiger partial charge in [0.15, 0.2) is 0 Å². The van der Waals surface area contributed by atoms with E-state index < -0.39 is 5.97 Å². The summed E-state index contributed by atoms with van der Waals surface area (Å²) in [6.45, 7) is 1.08. The molecular formula is C10H13BNNaO3. The molecule has 0 saturated carbocycles. The summed E-state index contributed by atoms with van der Waals surface area (Å²) in [5.41, 5.74) is 0.729. The number of hydrogen-bond donors (Lipinski definition) is 1. The molecule has 80 valence electrons. The second kappa shape index (κ2) is 16.3. The third-order valence-corrected chi connectivity index (χ3v) is 0.936. The van der Waals surface area contributed by atoms with Crippen LogP contribution in [0.4, 0.5) is 0 Å². The molecule has 0 amide bonds. The second-order valence-corrected chi connectivity index (χ2v) is 2.05. The van der Waals surface area contributed by atoms with Gasteiger partial charge in [0.2, 0.25) is 0 Å². The minimum atomic E-state index is -0.833. The van der Waals surface area contributed by atoms with E-state index in [9.17, 15) is 4.79 Å². The number of carbonyl (C=O) groups is 2. The summed E-state index contributed by atoms with van der Waals surface area (Å²) in [5.74, 6) is 1.17. The van der Waals surface area contributed by atoms with Gasteiger partial charge >= 0.3 is 29.6 Å². The van der Waals surface area contributed by atoms with Crippen molar-refractivity contribution in [2.45, 2.75) is 6.92 Å². The predicted octanol–water partition coefficient (Wildman–Crippen LogP) is -2.57. The monoisotopic (exact) mass is 229 g/mol. The molecule has 0 aromatic heterocycles. The van der Waals surface area contributed by atoms with E-state index in [1.54, 1.807) is 12.1 Å². The molecule has 0 spiro atoms. The van der Waals surface area contributed by atoms with Crippen molar-refractivity contribution in [3.63, 3.8) is 0 Å². The maximum atomic E-state index is 10.0. The summed E-state index contributed by atoms with van der Waals surface area (Å²) in [6, 6.07) is 9.10. The van der Waals surface area contributed by atoms with Gasteiger partial charge in [-0.05, 0) is 0 Å². The van der Waals surface area contributed by atoms with Gasteiger partial charge in [-0.1, -0.05) is 30.3 Å². The molecule has 16 heavy (non-hydrogen) atoms. The topological polar surface area (TPSA) is 78.2 Å². The van der Waals surface area contributed by atoms with Crippen molar-refractivity contribution in [2.24, 2.45) is 0 Å². The van der Waals surface area contributed by atoms with E-state index in [4.69, 9.17) is 15.2 Å². The molecule has 0 aliphatic carbocycles. The van der Waals surface area contributed by atoms with E-state index in [-0.39, 0.29) is 37.4 Å². The number of carbonyl (C=O) groups excluding carboxylic acids is 1. The molecule has 0 radical (unpaired) electrons. The predicted molar refractivity (Wildman–Crippen MR) is 60.7 cm³/mol. The Hall–Kier alpha value is -1.09. The molecule has 1 N–H and O–H groups in total. The summed E-state index contributed by atoms with van der Waals surface area (Å²) in [7, 11) is 0.0694. The van der Waals surface area contributed by atoms with Crippen molar-refractivity contribution in [2.75, 3.05) is 0 Å². The number of benzene rings is 1. The van der Waals surface area contributed by atoms with Crippen molar-refractivity contribution in [1.82, 2.24) is 0 Å². The van der Waals surface area contributed by atoms with E-state index in [1.807, 2.05) is 24.2 Å². The maximum Gasteiger partial charge on any atom is 1.00 e. The first-order valence-corrected chi connectivity index (χ1v) is 3.59. The van der Waals surface area contributed by atoms with Crippen molar-refractivity contribution in [3.05, 3.63) is 35.9 Å². The van der Waals surface area contributed by atoms with E-state index >= 15 is 0 Å². The molecular weight excluding hydrogens is 216 g/mol. The van der Waals surface area contributed by atoms with Gasteiger partial charge in [0, 0.05) is 12.5 Å². The number of carboxylic acid groups (broad SMARTS) is 1. The van der Waals surface area contributed by atoms with E-state index in [2.05, 4.69) is 0 Å². The summed E-state index contributed by atoms with van der Waals surface area (Å²) in [4.78, 5) is 19.0. The number of aliphatic carboxylic acids is 1. The van der Waals surface area contributed by atoms with Gasteiger partial charge < -0.3 is 5.11 Å². The maximum absolute atomic E-state index is 10.0. The molecule has 0 fully saturated rings. The SMILES string of the molecule is CC(=O)O.O=Cc1ccccc1.[BH3-]C#N.[Na+]. The van der Waals surface area contributed by atoms with Gasteiger partial charge in [0.25, 0.3) is 5.97 Å². The number of hydrogen-bond acceptors (Lipinski definition) is 3. The Kier molecular flexibility index (Phi) is 20.8. The summed E-state index contributed by atoms with van der Waals surface area (Å²) >= 11 is 0. The Morgan fingerprint density at radius 3 is 1.94 bits per heavy atom. The van der Waals surface area contributed by atoms with E-state index in [1.165, 1.54) is 0 Å². The molecule has 0 unspecified atom stereocenters. The zero-order chi connectivity index (χ0) is 12.1. The molecule has 1 rings (SSSR count). The number of aldehydes is 1. The fourth-order valence-corrected chi connectivity index (χ4v) is 0.532. The smallest absolute Gasteiger partial charge is 0.481 e. The Bertz CT molecular complexity index is 321. The summed E-state index contributed by atoms with van der Waals surface area (Å²) < 4.78 is 0. The first-order chi connectivity index (χ1) is 7.08. The Morgan fingerprint density at radius 1 is 1.44 bits per heavy atom. The third kappa shape index (κ3) is 23.1. The second-order valence-electron chi connectivity index (χ2n) is 2.05. The molecule has 6 heteroatoms. The molecule has 0 atom stereocenters. The Labute approximate surface area is 118 Å². The molecule has 0 saturated heterocycles. The van der Waals surface area contributed by atoms with Crippen LogP contribution in [0.1, 0.15) is 17.3 Å². The van der Waals surface area contributed by atoms with Crippen molar-refractivity contribution in [1.29, 1.82) is 5.26 Å². The zero-order valence-corrected chi connectivity index (χ0v) is 10.7. The van der Waals surface area contributed by atoms with Crippen LogP contribution in [0.25, 0.3) is 0 Å². The number of carboxylic acids is 1. The Morgan fingerprint density at radius 2 is 1.75 bits per heavy atom. The van der Waals surface area contributed by atoms with Crippen molar-refractivity contribution in [3.8, 4) is 5.97 Å². The van der Waals surface area contributed by atoms with E-state index in [0.29, 0.717) is 0 Å². The van der Waals surface area contributed by atoms with Crippen LogP contribution in [0.3, 0.4) is 0 Å². The average Bonchev–Trinajstić information content (AvgIpc) is 2.19. The number of rotatable bonds is 1. The van der Waals surface area contributed by atoms with Gasteiger partial charge in [0.05, 0.1) is 7.85 Å². The van der Waals surface area contributed by atoms with Crippen LogP contribution < -0.4 is 29.6 Å². The normalized spacial score (nSPS) is 6.31. The molecule has 4 nitrogen and oxygen atoms in total. The van der Waals surface area contributed by atoms with Gasteiger partial charge in [-0.25, -0.2) is 0 Å². The van der Waals surface area contributed by atoms with Crippen LogP contribution in [0.5, 0.6) is 0 Å². The van der Waals surface area contributed by atoms with Crippen LogP contribution in [0, 0.1) is 11.2 Å². The minimum absolute atomic E-state index is 0. The molecule has 0 aliphatic heterocycles. The summed E-state index contributed by atoms with van der Waals surface area (Å²) in [5, 5.41) is 14.8. The zero-order valence-electron chi connectivity index (χ0n) is 8.68. The average molecular weight is 229 g/mol. The molecule has 0 bridgehead atoms. The first kappa shape index (κ1) is 20.3. The van der Waals surface area contributed by atoms with E-state index in [0.717, 1.165) is 18.8 Å². The van der Waals surface area contributed by atoms with Gasteiger partial charge in [0.1, 0.15) is 6.29 Å². The standard InChI is InChI=1S/C7H6O.C2H4O2.CH3BN.Na/c8-6-7-4-2-1-3-5-7;1-2(3)4;2-1-3;/h1-6H;1H3,(H,3,4);2H3;/q;;-1;+1. The van der Waals surface area contributed by atoms with Crippen molar-refractivity contribution < 1.29 is 44.3 Å². The number of nitriles is 1. The fourth-order valence-electron chi connectivity index (χ4n) is 0.532. The van der Waals surface area contributed by atoms with Crippen LogP contribution >= 0.6 is 0 Å². The van der Waals surface area contributed by atoms with Gasteiger partial charge in [-0.2, -0.15) is 5.97 Å².